The number of pyridine rings is 2. The molecule has 0 aliphatic carbocycles. The van der Waals surface area contributed by atoms with Crippen molar-refractivity contribution in [3.05, 3.63) is 95.3 Å². The molecule has 0 amide bonds. The van der Waals surface area contributed by atoms with Gasteiger partial charge in [-0.25, -0.2) is 17.6 Å². The molecule has 0 saturated carbocycles. The van der Waals surface area contributed by atoms with Crippen LogP contribution in [0.15, 0.2) is 60.9 Å². The zero-order valence-corrected chi connectivity index (χ0v) is 46.0. The predicted octanol–water partition coefficient (Wildman–Crippen LogP) is 10.0. The lowest BCUT2D eigenvalue weighted by molar-refractivity contribution is 0.107. The average Bonchev–Trinajstić information content (AvgIpc) is 2.81. The number of nitrogens with one attached hydrogen (secondary N) is 1. The number of aliphatic hydroxyl groups is 1. The lowest BCUT2D eigenvalue weighted by atomic mass is 9.95. The van der Waals surface area contributed by atoms with Crippen molar-refractivity contribution in [1.82, 2.24) is 39.7 Å². The number of hydrogen-bond donors (Lipinski definition) is 4. The smallest absolute Gasteiger partial charge is 0.319 e. The van der Waals surface area contributed by atoms with Crippen LogP contribution in [0.1, 0.15) is 81.8 Å². The zero-order chi connectivity index (χ0) is 57.6. The number of benzene rings is 4. The van der Waals surface area contributed by atoms with Gasteiger partial charge in [0.15, 0.2) is 11.6 Å². The monoisotopic (exact) mass is 1130 g/mol. The molecule has 9 heterocycles. The average molecular weight is 1130 g/mol. The van der Waals surface area contributed by atoms with Gasteiger partial charge in [0, 0.05) is 67.6 Å². The van der Waals surface area contributed by atoms with Crippen molar-refractivity contribution in [3.63, 3.8) is 0 Å². The summed E-state index contributed by atoms with van der Waals surface area (Å²) in [5.74, 6) is 2.58. The molecule has 8 aromatic rings. The maximum atomic E-state index is 16.6. The molecule has 16 nitrogen and oxygen atoms in total. The van der Waals surface area contributed by atoms with E-state index in [1.807, 2.05) is 4.90 Å². The SMILES string of the molecule is C#Cc1c(F)ccc2cc(O)cc(-c3ncc4c(N5CCC(O)CC5)nc(OCC56CCCN5CCC6)nc4c3F)c12.C#Cc1c(F)ccc2cc(O)cc(-c3ncc4c(NCCCOC)nc(OCC56CCCN5CCC6)nc4c3F)c12. The van der Waals surface area contributed by atoms with Gasteiger partial charge in [0.2, 0.25) is 0 Å². The van der Waals surface area contributed by atoms with Crippen molar-refractivity contribution >= 4 is 55.0 Å². The van der Waals surface area contributed by atoms with Crippen LogP contribution < -0.4 is 19.7 Å². The number of fused-ring (bicyclic) bond motifs is 6. The Bertz CT molecular complexity index is 3900. The van der Waals surface area contributed by atoms with E-state index in [2.05, 4.69) is 51.9 Å². The Morgan fingerprint density at radius 1 is 0.651 bits per heavy atom. The second-order valence-electron chi connectivity index (χ2n) is 22.3. The summed E-state index contributed by atoms with van der Waals surface area (Å²) in [4.78, 5) is 34.1. The molecule has 20 heteroatoms. The van der Waals surface area contributed by atoms with Gasteiger partial charge in [0.25, 0.3) is 0 Å². The van der Waals surface area contributed by atoms with Gasteiger partial charge in [0.05, 0.1) is 39.1 Å². The van der Waals surface area contributed by atoms with E-state index in [0.29, 0.717) is 91.9 Å². The second kappa shape index (κ2) is 22.9. The number of methoxy groups -OCH3 is 1. The van der Waals surface area contributed by atoms with Crippen LogP contribution >= 0.6 is 0 Å². The Morgan fingerprint density at radius 2 is 1.13 bits per heavy atom. The van der Waals surface area contributed by atoms with Crippen molar-refractivity contribution in [1.29, 1.82) is 0 Å². The van der Waals surface area contributed by atoms with Gasteiger partial charge in [-0.15, -0.1) is 12.8 Å². The fraction of sp³-hybridized carbons (Fsp3) is 0.397. The molecule has 13 rings (SSSR count). The first kappa shape index (κ1) is 55.4. The molecule has 0 unspecified atom stereocenters. The van der Waals surface area contributed by atoms with Crippen LogP contribution in [0.25, 0.3) is 65.9 Å². The van der Waals surface area contributed by atoms with Crippen LogP contribution in [0, 0.1) is 48.0 Å². The molecule has 5 aliphatic heterocycles. The summed E-state index contributed by atoms with van der Waals surface area (Å²) < 4.78 is 80.0. The Kier molecular flexibility index (Phi) is 15.3. The van der Waals surface area contributed by atoms with Gasteiger partial charge in [-0.05, 0) is 144 Å². The highest BCUT2D eigenvalue weighted by molar-refractivity contribution is 6.04. The summed E-state index contributed by atoms with van der Waals surface area (Å²) >= 11 is 0. The van der Waals surface area contributed by atoms with Gasteiger partial charge in [0.1, 0.15) is 70.4 Å². The minimum Gasteiger partial charge on any atom is -0.508 e. The van der Waals surface area contributed by atoms with E-state index < -0.39 is 29.4 Å². The highest BCUT2D eigenvalue weighted by atomic mass is 19.1. The van der Waals surface area contributed by atoms with Crippen LogP contribution in [0.5, 0.6) is 23.5 Å². The van der Waals surface area contributed by atoms with Gasteiger partial charge in [-0.3, -0.25) is 19.8 Å². The molecule has 5 saturated heterocycles. The number of ether oxygens (including phenoxy) is 3. The number of halogens is 4. The lowest BCUT2D eigenvalue weighted by Gasteiger charge is -2.32. The molecule has 4 aromatic heterocycles. The van der Waals surface area contributed by atoms with Gasteiger partial charge >= 0.3 is 12.0 Å². The second-order valence-corrected chi connectivity index (χ2v) is 22.3. The minimum atomic E-state index is -0.754. The number of nitrogens with zero attached hydrogens (tertiary/aromatic N) is 9. The van der Waals surface area contributed by atoms with Gasteiger partial charge < -0.3 is 39.7 Å². The van der Waals surface area contributed by atoms with Crippen LogP contribution in [-0.2, 0) is 4.74 Å². The summed E-state index contributed by atoms with van der Waals surface area (Å²) in [5.41, 5.74) is -0.0821. The molecule has 0 bridgehead atoms. The molecule has 0 atom stereocenters. The van der Waals surface area contributed by atoms with E-state index in [-0.39, 0.29) is 90.0 Å². The lowest BCUT2D eigenvalue weighted by Crippen LogP contribution is -2.43. The van der Waals surface area contributed by atoms with Crippen molar-refractivity contribution in [2.24, 2.45) is 0 Å². The quantitative estimate of drug-likeness (QED) is 0.0457. The largest absolute Gasteiger partial charge is 0.508 e. The normalized spacial score (nSPS) is 17.6. The zero-order valence-electron chi connectivity index (χ0n) is 46.0. The maximum Gasteiger partial charge on any atom is 0.319 e. The van der Waals surface area contributed by atoms with Crippen LogP contribution in [-0.4, -0.2) is 145 Å². The topological polar surface area (TPSA) is 187 Å². The number of rotatable bonds is 14. The number of anilines is 2. The Labute approximate surface area is 476 Å². The fourth-order valence-electron chi connectivity index (χ4n) is 13.3. The third-order valence-electron chi connectivity index (χ3n) is 17.4. The van der Waals surface area contributed by atoms with E-state index in [0.717, 1.165) is 77.5 Å². The van der Waals surface area contributed by atoms with Crippen LogP contribution in [0.4, 0.5) is 29.2 Å². The molecule has 428 valence electrons. The first-order valence-electron chi connectivity index (χ1n) is 28.3. The maximum absolute atomic E-state index is 16.6. The van der Waals surface area contributed by atoms with Crippen molar-refractivity contribution in [2.75, 3.05) is 83.0 Å². The van der Waals surface area contributed by atoms with Crippen molar-refractivity contribution < 1.29 is 47.1 Å². The summed E-state index contributed by atoms with van der Waals surface area (Å²) in [5, 5.41) is 36.4. The fourth-order valence-corrected chi connectivity index (χ4v) is 13.3. The predicted molar refractivity (Wildman–Crippen MR) is 309 cm³/mol. The Morgan fingerprint density at radius 3 is 1.63 bits per heavy atom. The number of phenols is 2. The highest BCUT2D eigenvalue weighted by Crippen LogP contribution is 2.44. The Balaban J connectivity index is 0.000000164. The standard InChI is InChI=1S/C32H31F2N5O3.C31H31F2N5O3/c1-2-22-25(33)6-5-19-15-21(41)16-23(26(19)22)28-27(34)29-24(17-35-28)30(38-13-7-20(40)8-14-38)37-31(36-29)42-18-32-9-3-11-39(32)12-4-10-32;1-3-21-24(32)8-7-19-15-20(39)16-22(25(19)21)27-26(33)28-23(17-35-27)29(34-11-6-14-40-2)37-30(36-28)41-18-31-9-4-12-38(31)13-5-10-31/h1,5-6,15-17,20,40-41H,3-4,7-14,18H2;1,7-8,15-17,39H,4-6,9-14,18H2,2H3,(H,34,36,37). The molecular weight excluding hydrogens is 1070 g/mol. The number of phenolic OH excluding ortho intramolecular Hbond substituents is 2. The van der Waals surface area contributed by atoms with E-state index in [1.165, 1.54) is 60.9 Å². The van der Waals surface area contributed by atoms with E-state index in [1.54, 1.807) is 7.11 Å². The summed E-state index contributed by atoms with van der Waals surface area (Å²) in [6.07, 6.45) is 24.3. The van der Waals surface area contributed by atoms with Gasteiger partial charge in [-0.2, -0.15) is 19.9 Å². The number of aromatic hydroxyl groups is 2. The number of aliphatic hydroxyl groups excluding tert-OH is 1. The third-order valence-corrected chi connectivity index (χ3v) is 17.4. The van der Waals surface area contributed by atoms with Crippen molar-refractivity contribution in [3.8, 4) is 70.7 Å². The third kappa shape index (κ3) is 10.4. The molecule has 0 radical (unpaired) electrons. The number of terminal acetylenes is 2. The molecular formula is C63H62F4N10O6. The van der Waals surface area contributed by atoms with Crippen molar-refractivity contribution in [2.45, 2.75) is 87.8 Å². The van der Waals surface area contributed by atoms with Crippen LogP contribution in [0.3, 0.4) is 0 Å². The van der Waals surface area contributed by atoms with E-state index >= 15 is 8.78 Å². The minimum absolute atomic E-state index is 0.00315. The molecule has 4 aromatic carbocycles. The molecule has 5 fully saturated rings. The molecule has 0 spiro atoms. The molecule has 83 heavy (non-hydrogen) atoms. The highest BCUT2D eigenvalue weighted by Gasteiger charge is 2.46. The molecule has 4 N–H and O–H groups in total. The van der Waals surface area contributed by atoms with Gasteiger partial charge in [-0.1, -0.05) is 24.0 Å². The number of piperidine rings is 1. The summed E-state index contributed by atoms with van der Waals surface area (Å²) in [7, 11) is 1.63. The first-order valence-corrected chi connectivity index (χ1v) is 28.3. The first-order chi connectivity index (χ1) is 40.3. The molecule has 5 aliphatic rings. The summed E-state index contributed by atoms with van der Waals surface area (Å²) in [6.45, 7) is 7.19. The van der Waals surface area contributed by atoms with Crippen LogP contribution in [0.2, 0.25) is 0 Å². The van der Waals surface area contributed by atoms with E-state index in [9.17, 15) is 24.1 Å². The number of hydrogen-bond acceptors (Lipinski definition) is 16. The van der Waals surface area contributed by atoms with E-state index in [4.69, 9.17) is 32.0 Å². The number of aromatic nitrogens is 6. The summed E-state index contributed by atoms with van der Waals surface area (Å²) in [6, 6.07) is 11.1. The Hall–Kier alpha value is -8.14.